The summed E-state index contributed by atoms with van der Waals surface area (Å²) in [6, 6.07) is 0. The molecule has 15 heavy (non-hydrogen) atoms. The summed E-state index contributed by atoms with van der Waals surface area (Å²) in [5, 5.41) is 8.12. The molecule has 1 rings (SSSR count). The Morgan fingerprint density at radius 3 is 2.73 bits per heavy atom. The number of carboxylic acids is 1. The Labute approximate surface area is 96.5 Å². The summed E-state index contributed by atoms with van der Waals surface area (Å²) in [6.07, 6.45) is 8.11. The highest BCUT2D eigenvalue weighted by atomic mass is 32.1. The van der Waals surface area contributed by atoms with E-state index in [9.17, 15) is 4.79 Å². The van der Waals surface area contributed by atoms with E-state index in [-0.39, 0.29) is 0 Å². The molecule has 0 spiro atoms. The summed E-state index contributed by atoms with van der Waals surface area (Å²) >= 11 is 4.05. The molecule has 0 bridgehead atoms. The summed E-state index contributed by atoms with van der Waals surface area (Å²) in [5.74, 6) is 0.362. The number of thiol groups is 1. The van der Waals surface area contributed by atoms with Crippen molar-refractivity contribution in [3.63, 3.8) is 0 Å². The van der Waals surface area contributed by atoms with Crippen LogP contribution < -0.4 is 0 Å². The Morgan fingerprint density at radius 1 is 1.67 bits per heavy atom. The Morgan fingerprint density at radius 2 is 2.33 bits per heavy atom. The van der Waals surface area contributed by atoms with Gasteiger partial charge in [0.05, 0.1) is 0 Å². The van der Waals surface area contributed by atoms with Crippen LogP contribution in [0.25, 0.3) is 0 Å². The van der Waals surface area contributed by atoms with Crippen molar-refractivity contribution < 1.29 is 9.90 Å². The van der Waals surface area contributed by atoms with Crippen molar-refractivity contribution in [2.75, 3.05) is 0 Å². The lowest BCUT2D eigenvalue weighted by atomic mass is 9.89. The van der Waals surface area contributed by atoms with Gasteiger partial charge in [-0.1, -0.05) is 32.1 Å². The van der Waals surface area contributed by atoms with Gasteiger partial charge >= 0.3 is 5.97 Å². The van der Waals surface area contributed by atoms with Crippen LogP contribution in [0.4, 0.5) is 0 Å². The molecule has 84 valence electrons. The molecule has 0 fully saturated rings. The average Bonchev–Trinajstić information content (AvgIpc) is 2.17. The van der Waals surface area contributed by atoms with Crippen LogP contribution in [0, 0.1) is 11.8 Å². The predicted octanol–water partition coefficient (Wildman–Crippen LogP) is 2.92. The predicted molar refractivity (Wildman–Crippen MR) is 65.2 cm³/mol. The van der Waals surface area contributed by atoms with Gasteiger partial charge in [0.2, 0.25) is 0 Å². The van der Waals surface area contributed by atoms with Crippen LogP contribution in [0.5, 0.6) is 0 Å². The number of carbonyl (C=O) groups is 1. The Balaban J connectivity index is 2.53. The number of hydrogen-bond donors (Lipinski definition) is 2. The van der Waals surface area contributed by atoms with E-state index >= 15 is 0 Å². The summed E-state index contributed by atoms with van der Waals surface area (Å²) in [5.41, 5.74) is 0.811. The molecule has 1 N–H and O–H groups in total. The lowest BCUT2D eigenvalue weighted by Gasteiger charge is -2.19. The molecule has 0 radical (unpaired) electrons. The molecular formula is C12H18O2S. The van der Waals surface area contributed by atoms with Crippen LogP contribution >= 0.6 is 12.6 Å². The summed E-state index contributed by atoms with van der Waals surface area (Å²) in [6.45, 7) is 4.40. The van der Waals surface area contributed by atoms with Gasteiger partial charge in [0, 0.05) is 0 Å². The van der Waals surface area contributed by atoms with Gasteiger partial charge in [-0.2, -0.15) is 12.6 Å². The van der Waals surface area contributed by atoms with Crippen LogP contribution in [-0.4, -0.2) is 16.3 Å². The molecule has 2 nitrogen and oxygen atoms in total. The number of aliphatic carboxylic acids is 1. The lowest BCUT2D eigenvalue weighted by Crippen LogP contribution is -2.17. The monoisotopic (exact) mass is 226 g/mol. The lowest BCUT2D eigenvalue weighted by molar-refractivity contribution is -0.135. The van der Waals surface area contributed by atoms with Gasteiger partial charge < -0.3 is 5.11 Å². The van der Waals surface area contributed by atoms with E-state index in [0.717, 1.165) is 18.4 Å². The quantitative estimate of drug-likeness (QED) is 0.723. The van der Waals surface area contributed by atoms with E-state index in [1.54, 1.807) is 0 Å². The Hall–Kier alpha value is -0.700. The first kappa shape index (κ1) is 12.4. The van der Waals surface area contributed by atoms with Crippen molar-refractivity contribution in [2.45, 2.75) is 31.9 Å². The van der Waals surface area contributed by atoms with E-state index < -0.39 is 11.2 Å². The van der Waals surface area contributed by atoms with Gasteiger partial charge in [-0.05, 0) is 30.3 Å². The molecule has 0 aliphatic heterocycles. The molecule has 0 aromatic carbocycles. The van der Waals surface area contributed by atoms with Gasteiger partial charge in [-0.15, -0.1) is 0 Å². The highest BCUT2D eigenvalue weighted by Crippen LogP contribution is 2.25. The van der Waals surface area contributed by atoms with Crippen molar-refractivity contribution in [1.29, 1.82) is 0 Å². The van der Waals surface area contributed by atoms with E-state index in [2.05, 4.69) is 32.6 Å². The maximum atomic E-state index is 10.7. The fraction of sp³-hybridized carbons (Fsp3) is 0.583. The standard InChI is InChI=1S/C12H18O2S/c1-8(2)7-9-3-5-10(6-4-9)11(15)12(13)14/h3,5-6,8-9,11,15H,4,7H2,1-2H3,(H,13,14). The van der Waals surface area contributed by atoms with E-state index in [0.29, 0.717) is 11.8 Å². The zero-order valence-corrected chi connectivity index (χ0v) is 10.1. The molecule has 0 amide bonds. The molecular weight excluding hydrogens is 208 g/mol. The highest BCUT2D eigenvalue weighted by molar-refractivity contribution is 7.82. The van der Waals surface area contributed by atoms with Crippen molar-refractivity contribution in [3.8, 4) is 0 Å². The third-order valence-corrected chi connectivity index (χ3v) is 3.06. The highest BCUT2D eigenvalue weighted by Gasteiger charge is 2.19. The maximum absolute atomic E-state index is 10.7. The molecule has 2 atom stereocenters. The van der Waals surface area contributed by atoms with Crippen molar-refractivity contribution in [3.05, 3.63) is 23.8 Å². The smallest absolute Gasteiger partial charge is 0.320 e. The largest absolute Gasteiger partial charge is 0.480 e. The van der Waals surface area contributed by atoms with Crippen molar-refractivity contribution in [2.24, 2.45) is 11.8 Å². The second-order valence-electron chi connectivity index (χ2n) is 4.43. The first-order valence-corrected chi connectivity index (χ1v) is 5.81. The fourth-order valence-corrected chi connectivity index (χ4v) is 2.00. The molecule has 1 aliphatic rings. The summed E-state index contributed by atoms with van der Waals surface area (Å²) < 4.78 is 0. The van der Waals surface area contributed by atoms with Crippen molar-refractivity contribution in [1.82, 2.24) is 0 Å². The molecule has 3 heteroatoms. The van der Waals surface area contributed by atoms with Crippen LogP contribution in [-0.2, 0) is 4.79 Å². The summed E-state index contributed by atoms with van der Waals surface area (Å²) in [7, 11) is 0. The van der Waals surface area contributed by atoms with Gasteiger partial charge in [0.25, 0.3) is 0 Å². The van der Waals surface area contributed by atoms with Crippen LogP contribution in [0.2, 0.25) is 0 Å². The van der Waals surface area contributed by atoms with Crippen molar-refractivity contribution >= 4 is 18.6 Å². The SMILES string of the molecule is CC(C)CC1C=CC(C(S)C(=O)O)=CC1. The molecule has 0 aromatic rings. The minimum absolute atomic E-state index is 0.558. The summed E-state index contributed by atoms with van der Waals surface area (Å²) in [4.78, 5) is 10.7. The molecule has 0 saturated carbocycles. The van der Waals surface area contributed by atoms with Gasteiger partial charge in [-0.25, -0.2) is 0 Å². The molecule has 2 unspecified atom stereocenters. The average molecular weight is 226 g/mol. The minimum atomic E-state index is -0.878. The second kappa shape index (κ2) is 5.40. The maximum Gasteiger partial charge on any atom is 0.320 e. The zero-order chi connectivity index (χ0) is 11.4. The molecule has 1 aliphatic carbocycles. The van der Waals surface area contributed by atoms with Crippen LogP contribution in [0.3, 0.4) is 0 Å². The minimum Gasteiger partial charge on any atom is -0.480 e. The number of carboxylic acid groups (broad SMARTS) is 1. The van der Waals surface area contributed by atoms with E-state index in [1.807, 2.05) is 12.2 Å². The molecule has 0 saturated heterocycles. The normalized spacial score (nSPS) is 22.7. The Kier molecular flexibility index (Phi) is 4.45. The molecule has 0 heterocycles. The van der Waals surface area contributed by atoms with Gasteiger partial charge in [-0.3, -0.25) is 4.79 Å². The Bertz CT molecular complexity index is 292. The third-order valence-electron chi connectivity index (χ3n) is 2.54. The third kappa shape index (κ3) is 3.74. The first-order valence-electron chi connectivity index (χ1n) is 5.29. The van der Waals surface area contributed by atoms with E-state index in [4.69, 9.17) is 5.11 Å². The van der Waals surface area contributed by atoms with Crippen LogP contribution in [0.15, 0.2) is 23.8 Å². The first-order chi connectivity index (χ1) is 7.00. The van der Waals surface area contributed by atoms with Gasteiger partial charge in [0.15, 0.2) is 0 Å². The zero-order valence-electron chi connectivity index (χ0n) is 9.18. The number of allylic oxidation sites excluding steroid dienone is 3. The van der Waals surface area contributed by atoms with Crippen LogP contribution in [0.1, 0.15) is 26.7 Å². The number of hydrogen-bond acceptors (Lipinski definition) is 2. The second-order valence-corrected chi connectivity index (χ2v) is 4.95. The fourth-order valence-electron chi connectivity index (χ4n) is 1.81. The molecule has 0 aromatic heterocycles. The van der Waals surface area contributed by atoms with E-state index in [1.165, 1.54) is 0 Å². The van der Waals surface area contributed by atoms with Gasteiger partial charge in [0.1, 0.15) is 5.25 Å². The topological polar surface area (TPSA) is 37.3 Å². The number of rotatable bonds is 4.